The number of nitrogens with one attached hydrogen (secondary N) is 2. The summed E-state index contributed by atoms with van der Waals surface area (Å²) >= 11 is 0. The minimum atomic E-state index is -1.26. The second-order valence-corrected chi connectivity index (χ2v) is 5.10. The number of anilines is 2. The zero-order chi connectivity index (χ0) is 16.7. The first-order chi connectivity index (χ1) is 11.2. The van der Waals surface area contributed by atoms with E-state index in [1.807, 2.05) is 19.1 Å². The lowest BCUT2D eigenvalue weighted by Gasteiger charge is -2.16. The van der Waals surface area contributed by atoms with Crippen LogP contribution in [0.15, 0.2) is 48.5 Å². The Morgan fingerprint density at radius 3 is 2.61 bits per heavy atom. The number of aliphatic hydroxyl groups is 1. The van der Waals surface area contributed by atoms with Crippen LogP contribution in [-0.4, -0.2) is 17.6 Å². The number of nitrogens with zero attached hydrogens (tertiary/aromatic N) is 1. The van der Waals surface area contributed by atoms with Gasteiger partial charge in [0.05, 0.1) is 23.0 Å². The predicted octanol–water partition coefficient (Wildman–Crippen LogP) is 3.05. The van der Waals surface area contributed by atoms with Crippen LogP contribution in [0.1, 0.15) is 30.6 Å². The molecule has 1 amide bonds. The van der Waals surface area contributed by atoms with Crippen LogP contribution in [0.3, 0.4) is 0 Å². The Balaban J connectivity index is 2.20. The van der Waals surface area contributed by atoms with E-state index in [0.29, 0.717) is 16.8 Å². The van der Waals surface area contributed by atoms with Gasteiger partial charge in [0.15, 0.2) is 6.10 Å². The Bertz CT molecular complexity index is 708. The summed E-state index contributed by atoms with van der Waals surface area (Å²) in [6.45, 7) is 2.78. The summed E-state index contributed by atoms with van der Waals surface area (Å²) in [7, 11) is 0. The third kappa shape index (κ3) is 4.31. The molecule has 23 heavy (non-hydrogen) atoms. The summed E-state index contributed by atoms with van der Waals surface area (Å²) in [5, 5.41) is 25.0. The molecule has 0 aliphatic rings. The molecule has 5 nitrogen and oxygen atoms in total. The van der Waals surface area contributed by atoms with E-state index in [0.717, 1.165) is 18.7 Å². The van der Waals surface area contributed by atoms with Crippen molar-refractivity contribution in [3.05, 3.63) is 59.7 Å². The van der Waals surface area contributed by atoms with Crippen molar-refractivity contribution in [2.75, 3.05) is 17.2 Å². The second-order valence-electron chi connectivity index (χ2n) is 5.10. The van der Waals surface area contributed by atoms with Crippen LogP contribution in [0.25, 0.3) is 0 Å². The molecule has 1 atom stereocenters. The first-order valence-electron chi connectivity index (χ1n) is 7.47. The Labute approximate surface area is 135 Å². The summed E-state index contributed by atoms with van der Waals surface area (Å²) in [6, 6.07) is 15.8. The highest BCUT2D eigenvalue weighted by atomic mass is 16.3. The molecule has 0 heterocycles. The van der Waals surface area contributed by atoms with Crippen molar-refractivity contribution in [2.45, 2.75) is 19.4 Å². The molecular weight excluding hydrogens is 290 g/mol. The van der Waals surface area contributed by atoms with Gasteiger partial charge in [0, 0.05) is 6.54 Å². The van der Waals surface area contributed by atoms with E-state index < -0.39 is 12.0 Å². The van der Waals surface area contributed by atoms with E-state index in [-0.39, 0.29) is 0 Å². The fourth-order valence-corrected chi connectivity index (χ4v) is 2.12. The normalized spacial score (nSPS) is 11.3. The van der Waals surface area contributed by atoms with Gasteiger partial charge in [0.2, 0.25) is 0 Å². The van der Waals surface area contributed by atoms with E-state index in [2.05, 4.69) is 10.6 Å². The lowest BCUT2D eigenvalue weighted by atomic mass is 10.1. The number of rotatable bonds is 6. The largest absolute Gasteiger partial charge is 0.383 e. The molecule has 2 aromatic carbocycles. The van der Waals surface area contributed by atoms with Gasteiger partial charge in [-0.25, -0.2) is 0 Å². The van der Waals surface area contributed by atoms with Crippen molar-refractivity contribution < 1.29 is 9.90 Å². The Morgan fingerprint density at radius 1 is 1.22 bits per heavy atom. The van der Waals surface area contributed by atoms with E-state index in [4.69, 9.17) is 5.26 Å². The standard InChI is InChI=1S/C18H19N3O2/c1-2-10-20-15-9-8-13(12-19)11-16(15)21-18(23)17(22)14-6-4-3-5-7-14/h3-9,11,17,20,22H,2,10H2,1H3,(H,21,23). The molecule has 0 saturated heterocycles. The number of nitriles is 1. The third-order valence-electron chi connectivity index (χ3n) is 3.34. The molecule has 5 heteroatoms. The number of hydrogen-bond donors (Lipinski definition) is 3. The highest BCUT2D eigenvalue weighted by Gasteiger charge is 2.18. The highest BCUT2D eigenvalue weighted by Crippen LogP contribution is 2.25. The van der Waals surface area contributed by atoms with E-state index in [1.54, 1.807) is 42.5 Å². The maximum absolute atomic E-state index is 12.3. The van der Waals surface area contributed by atoms with Crippen LogP contribution in [0.2, 0.25) is 0 Å². The van der Waals surface area contributed by atoms with Crippen molar-refractivity contribution in [3.8, 4) is 6.07 Å². The topological polar surface area (TPSA) is 85.2 Å². The molecule has 2 aromatic rings. The third-order valence-corrected chi connectivity index (χ3v) is 3.34. The Kier molecular flexibility index (Phi) is 5.73. The van der Waals surface area contributed by atoms with Gasteiger partial charge < -0.3 is 15.7 Å². The monoisotopic (exact) mass is 309 g/mol. The highest BCUT2D eigenvalue weighted by molar-refractivity contribution is 5.97. The zero-order valence-corrected chi connectivity index (χ0v) is 12.9. The van der Waals surface area contributed by atoms with Gasteiger partial charge in [-0.1, -0.05) is 37.3 Å². The van der Waals surface area contributed by atoms with Crippen molar-refractivity contribution in [1.82, 2.24) is 0 Å². The molecule has 0 bridgehead atoms. The van der Waals surface area contributed by atoms with Gasteiger partial charge in [-0.2, -0.15) is 5.26 Å². The number of benzene rings is 2. The Morgan fingerprint density at radius 2 is 1.96 bits per heavy atom. The summed E-state index contributed by atoms with van der Waals surface area (Å²) in [5.41, 5.74) is 2.16. The molecule has 0 saturated carbocycles. The minimum absolute atomic E-state index is 0.441. The number of amides is 1. The number of carbonyl (C=O) groups is 1. The van der Waals surface area contributed by atoms with Gasteiger partial charge in [0.1, 0.15) is 0 Å². The molecule has 1 unspecified atom stereocenters. The SMILES string of the molecule is CCCNc1ccc(C#N)cc1NC(=O)C(O)c1ccccc1. The smallest absolute Gasteiger partial charge is 0.257 e. The second kappa shape index (κ2) is 7.97. The van der Waals surface area contributed by atoms with Crippen LogP contribution in [0.5, 0.6) is 0 Å². The van der Waals surface area contributed by atoms with Crippen molar-refractivity contribution in [3.63, 3.8) is 0 Å². The van der Waals surface area contributed by atoms with Crippen LogP contribution in [0, 0.1) is 11.3 Å². The Hall–Kier alpha value is -2.84. The zero-order valence-electron chi connectivity index (χ0n) is 12.9. The van der Waals surface area contributed by atoms with Crippen molar-refractivity contribution >= 4 is 17.3 Å². The molecule has 0 aliphatic carbocycles. The maximum atomic E-state index is 12.3. The minimum Gasteiger partial charge on any atom is -0.383 e. The summed E-state index contributed by atoms with van der Waals surface area (Å²) < 4.78 is 0. The van der Waals surface area contributed by atoms with Crippen LogP contribution in [0.4, 0.5) is 11.4 Å². The number of hydrogen-bond acceptors (Lipinski definition) is 4. The number of aliphatic hydroxyl groups excluding tert-OH is 1. The van der Waals surface area contributed by atoms with Crippen LogP contribution < -0.4 is 10.6 Å². The molecule has 0 radical (unpaired) electrons. The molecule has 0 aromatic heterocycles. The molecule has 118 valence electrons. The first-order valence-corrected chi connectivity index (χ1v) is 7.47. The lowest BCUT2D eigenvalue weighted by molar-refractivity contribution is -0.124. The molecule has 2 rings (SSSR count). The molecule has 3 N–H and O–H groups in total. The quantitative estimate of drug-likeness (QED) is 0.765. The van der Waals surface area contributed by atoms with Gasteiger partial charge in [0.25, 0.3) is 5.91 Å². The van der Waals surface area contributed by atoms with Crippen LogP contribution >= 0.6 is 0 Å². The van der Waals surface area contributed by atoms with Crippen molar-refractivity contribution in [1.29, 1.82) is 5.26 Å². The van der Waals surface area contributed by atoms with Gasteiger partial charge in [-0.15, -0.1) is 0 Å². The average molecular weight is 309 g/mol. The number of carbonyl (C=O) groups excluding carboxylic acids is 1. The van der Waals surface area contributed by atoms with Gasteiger partial charge in [-0.3, -0.25) is 4.79 Å². The molecule has 0 aliphatic heterocycles. The molecule has 0 spiro atoms. The summed E-state index contributed by atoms with van der Waals surface area (Å²) in [4.78, 5) is 12.3. The fourth-order valence-electron chi connectivity index (χ4n) is 2.12. The fraction of sp³-hybridized carbons (Fsp3) is 0.222. The molecular formula is C18H19N3O2. The van der Waals surface area contributed by atoms with E-state index in [1.165, 1.54) is 0 Å². The first kappa shape index (κ1) is 16.5. The lowest BCUT2D eigenvalue weighted by Crippen LogP contribution is -2.21. The van der Waals surface area contributed by atoms with E-state index in [9.17, 15) is 9.90 Å². The van der Waals surface area contributed by atoms with Gasteiger partial charge in [-0.05, 0) is 30.2 Å². The maximum Gasteiger partial charge on any atom is 0.257 e. The predicted molar refractivity (Wildman–Crippen MR) is 90.0 cm³/mol. The van der Waals surface area contributed by atoms with Crippen molar-refractivity contribution in [2.24, 2.45) is 0 Å². The summed E-state index contributed by atoms with van der Waals surface area (Å²) in [6.07, 6.45) is -0.332. The molecule has 0 fully saturated rings. The van der Waals surface area contributed by atoms with E-state index >= 15 is 0 Å². The average Bonchev–Trinajstić information content (AvgIpc) is 2.60. The van der Waals surface area contributed by atoms with Gasteiger partial charge >= 0.3 is 0 Å². The summed E-state index contributed by atoms with van der Waals surface area (Å²) in [5.74, 6) is -0.536. The van der Waals surface area contributed by atoms with Crippen LogP contribution in [-0.2, 0) is 4.79 Å².